The molecule has 0 radical (unpaired) electrons. The van der Waals surface area contributed by atoms with Gasteiger partial charge in [-0.15, -0.1) is 11.3 Å². The highest BCUT2D eigenvalue weighted by atomic mass is 32.1. The summed E-state index contributed by atoms with van der Waals surface area (Å²) in [6, 6.07) is 6.30. The number of likely N-dealkylation sites (tertiary alicyclic amines) is 1. The van der Waals surface area contributed by atoms with Gasteiger partial charge in [0.25, 0.3) is 0 Å². The van der Waals surface area contributed by atoms with Crippen LogP contribution in [-0.4, -0.2) is 34.8 Å². The van der Waals surface area contributed by atoms with E-state index in [-0.39, 0.29) is 30.0 Å². The second-order valence-corrected chi connectivity index (χ2v) is 8.29. The molecule has 1 atom stereocenters. The number of amides is 2. The number of aromatic nitrogens is 1. The Morgan fingerprint density at radius 2 is 2.04 bits per heavy atom. The fourth-order valence-corrected chi connectivity index (χ4v) is 4.74. The number of aryl methyl sites for hydroxylation is 2. The van der Waals surface area contributed by atoms with Crippen molar-refractivity contribution in [1.29, 1.82) is 0 Å². The van der Waals surface area contributed by atoms with Crippen LogP contribution in [-0.2, 0) is 28.9 Å². The summed E-state index contributed by atoms with van der Waals surface area (Å²) in [6.07, 6.45) is 5.26. The van der Waals surface area contributed by atoms with Crippen LogP contribution in [0.5, 0.6) is 0 Å². The zero-order valence-electron chi connectivity index (χ0n) is 15.0. The summed E-state index contributed by atoms with van der Waals surface area (Å²) in [4.78, 5) is 32.4. The minimum absolute atomic E-state index is 0.00399. The first-order chi connectivity index (χ1) is 13.1. The van der Waals surface area contributed by atoms with Gasteiger partial charge in [-0.25, -0.2) is 9.37 Å². The largest absolute Gasteiger partial charge is 0.342 e. The minimum atomic E-state index is -0.341. The van der Waals surface area contributed by atoms with Crippen molar-refractivity contribution in [3.05, 3.63) is 46.2 Å². The molecule has 0 unspecified atom stereocenters. The van der Waals surface area contributed by atoms with E-state index in [1.54, 1.807) is 28.4 Å². The Labute approximate surface area is 161 Å². The van der Waals surface area contributed by atoms with E-state index < -0.39 is 0 Å². The van der Waals surface area contributed by atoms with Gasteiger partial charge in [0.1, 0.15) is 5.82 Å². The molecule has 4 rings (SSSR count). The van der Waals surface area contributed by atoms with Gasteiger partial charge in [-0.1, -0.05) is 12.1 Å². The number of fused-ring (bicyclic) bond motifs is 1. The molecule has 0 spiro atoms. The second kappa shape index (κ2) is 7.76. The average molecular weight is 387 g/mol. The predicted molar refractivity (Wildman–Crippen MR) is 102 cm³/mol. The Morgan fingerprint density at radius 1 is 1.26 bits per heavy atom. The van der Waals surface area contributed by atoms with Crippen LogP contribution in [0.4, 0.5) is 9.52 Å². The molecule has 1 aliphatic carbocycles. The molecule has 1 aromatic carbocycles. The summed E-state index contributed by atoms with van der Waals surface area (Å²) in [5.74, 6) is -0.738. The number of anilines is 1. The fraction of sp³-hybridized carbons (Fsp3) is 0.450. The molecule has 27 heavy (non-hydrogen) atoms. The van der Waals surface area contributed by atoms with Crippen molar-refractivity contribution < 1.29 is 14.0 Å². The lowest BCUT2D eigenvalue weighted by Gasteiger charge is -2.16. The van der Waals surface area contributed by atoms with E-state index in [0.717, 1.165) is 30.5 Å². The molecular weight excluding hydrogens is 365 g/mol. The highest BCUT2D eigenvalue weighted by Crippen LogP contribution is 2.30. The maximum atomic E-state index is 13.0. The number of carbonyl (C=O) groups excluding carboxylic acids is 2. The minimum Gasteiger partial charge on any atom is -0.342 e. The molecule has 0 bridgehead atoms. The summed E-state index contributed by atoms with van der Waals surface area (Å²) < 4.78 is 13.0. The third-order valence-electron chi connectivity index (χ3n) is 5.24. The van der Waals surface area contributed by atoms with Crippen molar-refractivity contribution in [2.24, 2.45) is 5.92 Å². The Bertz CT molecular complexity index is 826. The molecular formula is C20H22FN3O2S. The lowest BCUT2D eigenvalue weighted by molar-refractivity contribution is -0.128. The SMILES string of the molecule is O=C(Nc1nc2c(s1)CCCC2)[C@@H]1CC(=O)N(CCc2ccc(F)cc2)C1. The molecule has 142 valence electrons. The predicted octanol–water partition coefficient (Wildman–Crippen LogP) is 3.19. The molecule has 1 saturated heterocycles. The Hall–Kier alpha value is -2.28. The van der Waals surface area contributed by atoms with Crippen molar-refractivity contribution in [3.63, 3.8) is 0 Å². The third-order valence-corrected chi connectivity index (χ3v) is 6.32. The summed E-state index contributed by atoms with van der Waals surface area (Å²) in [6.45, 7) is 0.969. The topological polar surface area (TPSA) is 62.3 Å². The zero-order chi connectivity index (χ0) is 18.8. The normalized spacial score (nSPS) is 19.2. The van der Waals surface area contributed by atoms with Gasteiger partial charge in [0.15, 0.2) is 5.13 Å². The van der Waals surface area contributed by atoms with E-state index in [1.807, 2.05) is 0 Å². The first-order valence-electron chi connectivity index (χ1n) is 9.40. The maximum Gasteiger partial charge on any atom is 0.231 e. The second-order valence-electron chi connectivity index (χ2n) is 7.20. The molecule has 1 N–H and O–H groups in total. The summed E-state index contributed by atoms with van der Waals surface area (Å²) in [5, 5.41) is 3.57. The molecule has 2 aliphatic rings. The average Bonchev–Trinajstić information content (AvgIpc) is 3.24. The molecule has 2 aromatic rings. The number of thiazole rings is 1. The van der Waals surface area contributed by atoms with Crippen LogP contribution in [0.25, 0.3) is 0 Å². The number of benzene rings is 1. The summed E-state index contributed by atoms with van der Waals surface area (Å²) in [5.41, 5.74) is 2.09. The molecule has 2 amide bonds. The van der Waals surface area contributed by atoms with Gasteiger partial charge >= 0.3 is 0 Å². The van der Waals surface area contributed by atoms with Crippen LogP contribution in [0.1, 0.15) is 35.4 Å². The highest BCUT2D eigenvalue weighted by molar-refractivity contribution is 7.15. The van der Waals surface area contributed by atoms with Gasteiger partial charge in [0.2, 0.25) is 11.8 Å². The molecule has 1 aromatic heterocycles. The Kier molecular flexibility index (Phi) is 5.20. The van der Waals surface area contributed by atoms with Gasteiger partial charge < -0.3 is 10.2 Å². The lowest BCUT2D eigenvalue weighted by atomic mass is 10.0. The van der Waals surface area contributed by atoms with Gasteiger partial charge in [0, 0.05) is 24.4 Å². The van der Waals surface area contributed by atoms with Gasteiger partial charge in [-0.2, -0.15) is 0 Å². The first-order valence-corrected chi connectivity index (χ1v) is 10.2. The van der Waals surface area contributed by atoms with Crippen LogP contribution in [0, 0.1) is 11.7 Å². The molecule has 1 aliphatic heterocycles. The monoisotopic (exact) mass is 387 g/mol. The highest BCUT2D eigenvalue weighted by Gasteiger charge is 2.34. The van der Waals surface area contributed by atoms with Crippen molar-refractivity contribution in [1.82, 2.24) is 9.88 Å². The zero-order valence-corrected chi connectivity index (χ0v) is 15.9. The van der Waals surface area contributed by atoms with Gasteiger partial charge in [0.05, 0.1) is 11.6 Å². The lowest BCUT2D eigenvalue weighted by Crippen LogP contribution is -2.30. The fourth-order valence-electron chi connectivity index (χ4n) is 3.69. The number of hydrogen-bond acceptors (Lipinski definition) is 4. The van der Waals surface area contributed by atoms with Crippen LogP contribution >= 0.6 is 11.3 Å². The van der Waals surface area contributed by atoms with Gasteiger partial charge in [-0.05, 0) is 49.8 Å². The molecule has 2 heterocycles. The summed E-state index contributed by atoms with van der Waals surface area (Å²) >= 11 is 1.56. The van der Waals surface area contributed by atoms with Crippen LogP contribution in [0.15, 0.2) is 24.3 Å². The first kappa shape index (κ1) is 18.1. The van der Waals surface area contributed by atoms with Crippen LogP contribution in [0.2, 0.25) is 0 Å². The van der Waals surface area contributed by atoms with E-state index in [2.05, 4.69) is 10.3 Å². The van der Waals surface area contributed by atoms with E-state index in [9.17, 15) is 14.0 Å². The van der Waals surface area contributed by atoms with Crippen molar-refractivity contribution in [3.8, 4) is 0 Å². The number of halogens is 1. The standard InChI is InChI=1S/C20H22FN3O2S/c21-15-7-5-13(6-8-15)9-10-24-12-14(11-18(24)25)19(26)23-20-22-16-3-1-2-4-17(16)27-20/h5-8,14H,1-4,9-12H2,(H,22,23,26)/t14-/m1/s1. The number of nitrogens with zero attached hydrogens (tertiary/aromatic N) is 2. The molecule has 1 fully saturated rings. The van der Waals surface area contributed by atoms with Crippen molar-refractivity contribution in [2.75, 3.05) is 18.4 Å². The summed E-state index contributed by atoms with van der Waals surface area (Å²) in [7, 11) is 0. The smallest absolute Gasteiger partial charge is 0.231 e. The van der Waals surface area contributed by atoms with Crippen molar-refractivity contribution >= 4 is 28.3 Å². The molecule has 5 nitrogen and oxygen atoms in total. The Balaban J connectivity index is 1.32. The third kappa shape index (κ3) is 4.18. The van der Waals surface area contributed by atoms with E-state index in [1.165, 1.54) is 23.4 Å². The van der Waals surface area contributed by atoms with E-state index in [0.29, 0.717) is 24.6 Å². The van der Waals surface area contributed by atoms with Crippen LogP contribution < -0.4 is 5.32 Å². The van der Waals surface area contributed by atoms with E-state index in [4.69, 9.17) is 0 Å². The molecule has 7 heteroatoms. The van der Waals surface area contributed by atoms with E-state index >= 15 is 0 Å². The maximum absolute atomic E-state index is 13.0. The quantitative estimate of drug-likeness (QED) is 0.857. The Morgan fingerprint density at radius 3 is 2.81 bits per heavy atom. The number of nitrogens with one attached hydrogen (secondary N) is 1. The molecule has 0 saturated carbocycles. The van der Waals surface area contributed by atoms with Crippen LogP contribution in [0.3, 0.4) is 0 Å². The number of carbonyl (C=O) groups is 2. The van der Waals surface area contributed by atoms with Crippen molar-refractivity contribution in [2.45, 2.75) is 38.5 Å². The van der Waals surface area contributed by atoms with Gasteiger partial charge in [-0.3, -0.25) is 9.59 Å². The number of rotatable bonds is 5. The number of hydrogen-bond donors (Lipinski definition) is 1.